The van der Waals surface area contributed by atoms with Crippen molar-refractivity contribution in [1.82, 2.24) is 9.80 Å². The van der Waals surface area contributed by atoms with Gasteiger partial charge in [-0.3, -0.25) is 9.80 Å². The third-order valence-corrected chi connectivity index (χ3v) is 14.2. The fourth-order valence-corrected chi connectivity index (χ4v) is 14.7. The summed E-state index contributed by atoms with van der Waals surface area (Å²) in [6, 6.07) is 3.16. The van der Waals surface area contributed by atoms with Gasteiger partial charge in [0.05, 0.1) is 33.2 Å². The Morgan fingerprint density at radius 1 is 0.622 bits per heavy atom. The van der Waals surface area contributed by atoms with Gasteiger partial charge in [-0.15, -0.1) is 0 Å². The zero-order valence-corrected chi connectivity index (χ0v) is 37.3. The molecule has 0 spiro atoms. The minimum atomic E-state index is -4.79. The topological polar surface area (TPSA) is 248 Å². The van der Waals surface area contributed by atoms with Crippen LogP contribution >= 0.6 is 30.4 Å². The van der Waals surface area contributed by atoms with Gasteiger partial charge in [-0.25, -0.2) is 0 Å². The fourth-order valence-electron chi connectivity index (χ4n) is 3.82. The Balaban J connectivity index is -0.000000853. The van der Waals surface area contributed by atoms with Crippen LogP contribution in [0.1, 0.15) is 12.8 Å². The van der Waals surface area contributed by atoms with Gasteiger partial charge in [0, 0.05) is 10.2 Å². The van der Waals surface area contributed by atoms with Gasteiger partial charge in [0.15, 0.2) is 0 Å². The molecule has 4 atom stereocenters. The van der Waals surface area contributed by atoms with Crippen LogP contribution in [0, 0.1) is 0 Å². The van der Waals surface area contributed by atoms with Crippen LogP contribution < -0.4 is 138 Å². The number of rotatable bonds is 18. The first-order valence-corrected chi connectivity index (χ1v) is 21.8. The van der Waals surface area contributed by atoms with Gasteiger partial charge in [-0.1, -0.05) is 30.7 Å². The van der Waals surface area contributed by atoms with Crippen LogP contribution in [-0.2, 0) is 18.3 Å². The van der Waals surface area contributed by atoms with Crippen molar-refractivity contribution in [2.75, 3.05) is 38.2 Å². The minimum Gasteiger partial charge on any atom is -0.778 e. The van der Waals surface area contributed by atoms with Gasteiger partial charge in [0.1, 0.15) is 30.4 Å². The van der Waals surface area contributed by atoms with Gasteiger partial charge < -0.3 is 57.4 Å². The summed E-state index contributed by atoms with van der Waals surface area (Å²) >= 11 is 0. The molecule has 0 fully saturated rings. The third kappa shape index (κ3) is 33.7. The Hall–Kier alpha value is 4.95. The van der Waals surface area contributed by atoms with E-state index < -0.39 is 63.6 Å². The van der Waals surface area contributed by atoms with E-state index in [0.29, 0.717) is 24.9 Å². The van der Waals surface area contributed by atoms with Gasteiger partial charge in [0.25, 0.3) is 0 Å². The van der Waals surface area contributed by atoms with E-state index in [9.17, 15) is 37.8 Å². The molecule has 200 valence electrons. The molecule has 0 saturated carbocycles. The first kappa shape index (κ1) is 51.5. The molecule has 0 amide bonds. The first-order chi connectivity index (χ1) is 14.6. The average Bonchev–Trinajstić information content (AvgIpc) is 2.48. The molecule has 0 heterocycles. The normalized spacial score (nSPS) is 19.4. The van der Waals surface area contributed by atoms with E-state index in [0.717, 1.165) is 32.1 Å². The van der Waals surface area contributed by atoms with Crippen LogP contribution in [0.15, 0.2) is 0 Å². The Morgan fingerprint density at radius 2 is 0.865 bits per heavy atom. The second-order valence-corrected chi connectivity index (χ2v) is 21.0. The molecule has 0 aromatic rings. The van der Waals surface area contributed by atoms with Crippen molar-refractivity contribution in [2.24, 2.45) is 0 Å². The largest absolute Gasteiger partial charge is 1.00 e. The Kier molecular flexibility index (Phi) is 32.5. The van der Waals surface area contributed by atoms with E-state index in [-0.39, 0.29) is 131 Å². The zero-order chi connectivity index (χ0) is 26.1. The smallest absolute Gasteiger partial charge is 0.778 e. The van der Waals surface area contributed by atoms with Crippen molar-refractivity contribution in [1.29, 1.82) is 0 Å². The second-order valence-electron chi connectivity index (χ2n) is 8.67. The molecule has 14 nitrogen and oxygen atoms in total. The Bertz CT molecular complexity index is 694. The molecule has 37 heavy (non-hydrogen) atoms. The van der Waals surface area contributed by atoms with E-state index in [1.165, 1.54) is 0 Å². The fraction of sp³-hybridized carbons (Fsp3) is 1.00. The summed E-state index contributed by atoms with van der Waals surface area (Å²) in [5.41, 5.74) is 0. The van der Waals surface area contributed by atoms with Crippen LogP contribution in [0.3, 0.4) is 0 Å². The molecule has 0 bridgehead atoms. The number of nitrogens with zero attached hydrogens (tertiary/aromatic N) is 2. The van der Waals surface area contributed by atoms with Gasteiger partial charge in [0.2, 0.25) is 0 Å². The summed E-state index contributed by atoms with van der Waals surface area (Å²) in [7, 11) is -20.2. The van der Waals surface area contributed by atoms with Gasteiger partial charge in [-0.05, 0) is 25.9 Å². The molecule has 0 aromatic carbocycles. The summed E-state index contributed by atoms with van der Waals surface area (Å²) < 4.78 is 44.6. The van der Waals surface area contributed by atoms with E-state index in [4.69, 9.17) is 19.6 Å². The van der Waals surface area contributed by atoms with Crippen molar-refractivity contribution >= 4 is 48.7 Å². The minimum absolute atomic E-state index is 0. The van der Waals surface area contributed by atoms with Crippen LogP contribution in [-0.4, -0.2) is 85.9 Å². The van der Waals surface area contributed by atoms with Gasteiger partial charge >= 0.3 is 118 Å². The van der Waals surface area contributed by atoms with Crippen molar-refractivity contribution in [3.63, 3.8) is 0 Å². The SMILES string of the molecule is C[Si](CC[SiH3])(CCCN(CP(=O)([O-])O)CP(=O)([O-])O)CCCN(CP(=O)([O-])O)CP(=O)([O-])O.[Na+].[Na+].[Na+].[Na+]. The Morgan fingerprint density at radius 3 is 1.05 bits per heavy atom. The second kappa shape index (κ2) is 23.3. The molecule has 0 aliphatic heterocycles. The summed E-state index contributed by atoms with van der Waals surface area (Å²) in [6.07, 6.45) is -2.87. The molecule has 4 unspecified atom stereocenters. The maximum atomic E-state index is 11.2. The summed E-state index contributed by atoms with van der Waals surface area (Å²) in [5.74, 6) is 0. The molecule has 24 heteroatoms. The third-order valence-electron chi connectivity index (χ3n) is 4.88. The van der Waals surface area contributed by atoms with Crippen molar-refractivity contribution in [2.45, 2.75) is 43.6 Å². The van der Waals surface area contributed by atoms with E-state index in [2.05, 4.69) is 6.55 Å². The molecular formula is C13H34N2Na4O12P4Si2. The maximum absolute atomic E-state index is 11.2. The predicted octanol–water partition coefficient (Wildman–Crippen LogP) is -14.7. The van der Waals surface area contributed by atoms with Crippen molar-refractivity contribution in [3.05, 3.63) is 0 Å². The Labute approximate surface area is 311 Å². The summed E-state index contributed by atoms with van der Waals surface area (Å²) in [4.78, 5) is 82.6. The van der Waals surface area contributed by atoms with E-state index in [1.54, 1.807) is 0 Å². The molecule has 0 aliphatic rings. The average molecular weight is 682 g/mol. The predicted molar refractivity (Wildman–Crippen MR) is 122 cm³/mol. The van der Waals surface area contributed by atoms with Crippen LogP contribution in [0.2, 0.25) is 30.7 Å². The van der Waals surface area contributed by atoms with Crippen LogP contribution in [0.5, 0.6) is 0 Å². The van der Waals surface area contributed by atoms with E-state index >= 15 is 0 Å². The standard InChI is InChI=1S/C13H38N2O12P4Si2.4Na/c1-33(9-6-32,7-2-4-14(10-28(16,17)18)11-29(19,20)21)8-3-5-15(12-30(22,23)24)13-31(25,26)27;;;;/h2-13H2,1,32H3,(H2,16,17,18)(H2,19,20,21)(H2,22,23,24)(H2,25,26,27);;;;/q;4*+1/p-4. The maximum Gasteiger partial charge on any atom is 1.00 e. The molecule has 0 aliphatic carbocycles. The molecule has 0 rings (SSSR count). The molecular weight excluding hydrogens is 648 g/mol. The molecule has 0 radical (unpaired) electrons. The van der Waals surface area contributed by atoms with Crippen LogP contribution in [0.4, 0.5) is 0 Å². The van der Waals surface area contributed by atoms with Crippen molar-refractivity contribution in [3.8, 4) is 0 Å². The molecule has 0 saturated heterocycles. The first-order valence-electron chi connectivity index (χ1n) is 10.2. The van der Waals surface area contributed by atoms with Crippen molar-refractivity contribution < 1.29 is 176 Å². The number of hydrogen-bond donors (Lipinski definition) is 4. The summed E-state index contributed by atoms with van der Waals surface area (Å²) in [6.45, 7) is 2.08. The summed E-state index contributed by atoms with van der Waals surface area (Å²) in [5, 5.41) is 0. The van der Waals surface area contributed by atoms with Gasteiger partial charge in [-0.2, -0.15) is 0 Å². The van der Waals surface area contributed by atoms with E-state index in [1.807, 2.05) is 0 Å². The molecule has 0 aromatic heterocycles. The monoisotopic (exact) mass is 682 g/mol. The quantitative estimate of drug-likeness (QED) is 0.0775. The zero-order valence-electron chi connectivity index (χ0n) is 22.7. The van der Waals surface area contributed by atoms with Crippen LogP contribution in [0.25, 0.3) is 0 Å². The molecule has 4 N–H and O–H groups in total. The number of hydrogen-bond acceptors (Lipinski definition) is 10.